The van der Waals surface area contributed by atoms with E-state index in [4.69, 9.17) is 5.11 Å². The minimum Gasteiger partial charge on any atom is -0.478 e. The van der Waals surface area contributed by atoms with Gasteiger partial charge in [-0.3, -0.25) is 4.79 Å². The van der Waals surface area contributed by atoms with Crippen LogP contribution >= 0.6 is 0 Å². The summed E-state index contributed by atoms with van der Waals surface area (Å²) in [5.74, 6) is -2.31. The maximum absolute atomic E-state index is 13.8. The summed E-state index contributed by atoms with van der Waals surface area (Å²) >= 11 is 0. The quantitative estimate of drug-likeness (QED) is 0.842. The normalized spacial score (nSPS) is 10.8. The Kier molecular flexibility index (Phi) is 4.13. The summed E-state index contributed by atoms with van der Waals surface area (Å²) in [4.78, 5) is 26.1. The fraction of sp³-hybridized carbons (Fsp3) is 0.0714. The molecule has 1 amide bonds. The third kappa shape index (κ3) is 3.75. The summed E-state index contributed by atoms with van der Waals surface area (Å²) in [6.07, 6.45) is 5.14. The molecule has 0 atom stereocenters. The van der Waals surface area contributed by atoms with Crippen molar-refractivity contribution in [1.82, 2.24) is 9.55 Å². The highest BCUT2D eigenvalue weighted by atomic mass is 19.1. The molecule has 0 unspecified atom stereocenters. The van der Waals surface area contributed by atoms with E-state index in [1.54, 1.807) is 11.6 Å². The number of rotatable bonds is 4. The third-order valence-electron chi connectivity index (χ3n) is 2.60. The number of hydrogen-bond donors (Lipinski definition) is 2. The average Bonchev–Trinajstić information content (AvgIpc) is 2.86. The molecule has 1 aromatic carbocycles. The predicted molar refractivity (Wildman–Crippen MR) is 74.2 cm³/mol. The zero-order valence-corrected chi connectivity index (χ0v) is 11.1. The Bertz CT molecular complexity index is 722. The standard InChI is InChI=1S/C14H12FN3O3/c1-18-7-12(16-8-18)14(21)17-11-4-2-9(6-10(11)15)3-5-13(19)20/h2-8H,1H3,(H,17,21)(H,19,20)/b5-3+. The Morgan fingerprint density at radius 1 is 1.43 bits per heavy atom. The van der Waals surface area contributed by atoms with Crippen LogP contribution in [-0.4, -0.2) is 26.5 Å². The molecule has 2 rings (SSSR count). The number of aliphatic carboxylic acids is 1. The van der Waals surface area contributed by atoms with Gasteiger partial charge in [0, 0.05) is 19.3 Å². The van der Waals surface area contributed by atoms with Crippen LogP contribution in [0.15, 0.2) is 36.8 Å². The molecule has 0 aliphatic carbocycles. The molecule has 0 bridgehead atoms. The summed E-state index contributed by atoms with van der Waals surface area (Å²) in [7, 11) is 1.72. The van der Waals surface area contributed by atoms with Crippen LogP contribution in [0, 0.1) is 5.82 Å². The third-order valence-corrected chi connectivity index (χ3v) is 2.60. The number of carbonyl (C=O) groups is 2. The van der Waals surface area contributed by atoms with Gasteiger partial charge < -0.3 is 15.0 Å². The molecule has 2 N–H and O–H groups in total. The van der Waals surface area contributed by atoms with Crippen LogP contribution in [0.4, 0.5) is 10.1 Å². The molecule has 0 aliphatic heterocycles. The van der Waals surface area contributed by atoms with Crippen molar-refractivity contribution in [2.75, 3.05) is 5.32 Å². The number of aryl methyl sites for hydroxylation is 1. The summed E-state index contributed by atoms with van der Waals surface area (Å²) in [5.41, 5.74) is 0.551. The number of imidazole rings is 1. The van der Waals surface area contributed by atoms with Crippen molar-refractivity contribution in [3.8, 4) is 0 Å². The number of anilines is 1. The molecule has 1 aromatic heterocycles. The summed E-state index contributed by atoms with van der Waals surface area (Å²) in [5, 5.41) is 10.9. The van der Waals surface area contributed by atoms with Gasteiger partial charge in [0.15, 0.2) is 0 Å². The van der Waals surface area contributed by atoms with E-state index in [9.17, 15) is 14.0 Å². The number of hydrogen-bond acceptors (Lipinski definition) is 3. The number of carboxylic acid groups (broad SMARTS) is 1. The number of carbonyl (C=O) groups excluding carboxylic acids is 1. The summed E-state index contributed by atoms with van der Waals surface area (Å²) < 4.78 is 15.4. The van der Waals surface area contributed by atoms with Gasteiger partial charge in [0.2, 0.25) is 0 Å². The first kappa shape index (κ1) is 14.4. The lowest BCUT2D eigenvalue weighted by molar-refractivity contribution is -0.131. The maximum Gasteiger partial charge on any atom is 0.328 e. The van der Waals surface area contributed by atoms with Gasteiger partial charge in [-0.15, -0.1) is 0 Å². The van der Waals surface area contributed by atoms with E-state index >= 15 is 0 Å². The molecular weight excluding hydrogens is 277 g/mol. The van der Waals surface area contributed by atoms with Gasteiger partial charge in [-0.1, -0.05) is 6.07 Å². The van der Waals surface area contributed by atoms with Crippen molar-refractivity contribution >= 4 is 23.6 Å². The number of carboxylic acids is 1. The van der Waals surface area contributed by atoms with Crippen molar-refractivity contribution in [3.05, 3.63) is 53.9 Å². The maximum atomic E-state index is 13.8. The zero-order chi connectivity index (χ0) is 15.4. The number of aromatic nitrogens is 2. The second-order valence-electron chi connectivity index (χ2n) is 4.29. The van der Waals surface area contributed by atoms with Crippen LogP contribution in [-0.2, 0) is 11.8 Å². The monoisotopic (exact) mass is 289 g/mol. The van der Waals surface area contributed by atoms with E-state index in [-0.39, 0.29) is 11.4 Å². The first-order valence-corrected chi connectivity index (χ1v) is 5.95. The molecule has 6 nitrogen and oxygen atoms in total. The smallest absolute Gasteiger partial charge is 0.328 e. The van der Waals surface area contributed by atoms with Gasteiger partial charge in [0.05, 0.1) is 12.0 Å². The SMILES string of the molecule is Cn1cnc(C(=O)Nc2ccc(/C=C/C(=O)O)cc2F)c1. The molecule has 108 valence electrons. The second-order valence-corrected chi connectivity index (χ2v) is 4.29. The molecule has 2 aromatic rings. The van der Waals surface area contributed by atoms with Crippen molar-refractivity contribution in [2.45, 2.75) is 0 Å². The van der Waals surface area contributed by atoms with Crippen molar-refractivity contribution in [2.24, 2.45) is 7.05 Å². The number of benzene rings is 1. The Morgan fingerprint density at radius 2 is 2.19 bits per heavy atom. The van der Waals surface area contributed by atoms with E-state index in [0.717, 1.165) is 12.1 Å². The molecule has 0 fully saturated rings. The number of amides is 1. The van der Waals surface area contributed by atoms with Crippen LogP contribution in [0.2, 0.25) is 0 Å². The average molecular weight is 289 g/mol. The van der Waals surface area contributed by atoms with Crippen LogP contribution in [0.1, 0.15) is 16.1 Å². The Labute approximate surface area is 119 Å². The predicted octanol–water partition coefficient (Wildman–Crippen LogP) is 1.91. The highest BCUT2D eigenvalue weighted by Gasteiger charge is 2.11. The molecule has 21 heavy (non-hydrogen) atoms. The van der Waals surface area contributed by atoms with Gasteiger partial charge in [-0.2, -0.15) is 0 Å². The van der Waals surface area contributed by atoms with Crippen molar-refractivity contribution in [1.29, 1.82) is 0 Å². The van der Waals surface area contributed by atoms with Gasteiger partial charge in [-0.05, 0) is 23.8 Å². The number of nitrogens with one attached hydrogen (secondary N) is 1. The van der Waals surface area contributed by atoms with Crippen LogP contribution < -0.4 is 5.32 Å². The van der Waals surface area contributed by atoms with E-state index in [1.165, 1.54) is 30.7 Å². The highest BCUT2D eigenvalue weighted by molar-refractivity contribution is 6.02. The Hall–Kier alpha value is -2.96. The lowest BCUT2D eigenvalue weighted by Gasteiger charge is -2.05. The highest BCUT2D eigenvalue weighted by Crippen LogP contribution is 2.17. The largest absolute Gasteiger partial charge is 0.478 e. The number of halogens is 1. The Morgan fingerprint density at radius 3 is 2.76 bits per heavy atom. The number of nitrogens with zero attached hydrogens (tertiary/aromatic N) is 2. The zero-order valence-electron chi connectivity index (χ0n) is 11.1. The van der Waals surface area contributed by atoms with Gasteiger partial charge in [0.1, 0.15) is 11.5 Å². The van der Waals surface area contributed by atoms with E-state index in [1.807, 2.05) is 0 Å². The van der Waals surface area contributed by atoms with Gasteiger partial charge >= 0.3 is 5.97 Å². The topological polar surface area (TPSA) is 84.2 Å². The lowest BCUT2D eigenvalue weighted by Crippen LogP contribution is -2.13. The molecule has 7 heteroatoms. The molecule has 0 saturated carbocycles. The van der Waals surface area contributed by atoms with Crippen molar-refractivity contribution in [3.63, 3.8) is 0 Å². The molecule has 1 heterocycles. The minimum absolute atomic E-state index is 0.00173. The lowest BCUT2D eigenvalue weighted by atomic mass is 10.2. The summed E-state index contributed by atoms with van der Waals surface area (Å²) in [6.45, 7) is 0. The first-order valence-electron chi connectivity index (χ1n) is 5.95. The van der Waals surface area contributed by atoms with Crippen molar-refractivity contribution < 1.29 is 19.1 Å². The minimum atomic E-state index is -1.12. The molecule has 0 spiro atoms. The molecule has 0 aliphatic rings. The second kappa shape index (κ2) is 6.00. The van der Waals surface area contributed by atoms with Crippen LogP contribution in [0.5, 0.6) is 0 Å². The molecular formula is C14H12FN3O3. The molecule has 0 saturated heterocycles. The van der Waals surface area contributed by atoms with E-state index in [2.05, 4.69) is 10.3 Å². The fourth-order valence-corrected chi connectivity index (χ4v) is 1.62. The molecule has 0 radical (unpaired) electrons. The van der Waals surface area contributed by atoms with Gasteiger partial charge in [-0.25, -0.2) is 14.2 Å². The Balaban J connectivity index is 2.14. The fourth-order valence-electron chi connectivity index (χ4n) is 1.62. The van der Waals surface area contributed by atoms with E-state index < -0.39 is 17.7 Å². The van der Waals surface area contributed by atoms with E-state index in [0.29, 0.717) is 5.56 Å². The first-order chi connectivity index (χ1) is 9.95. The van der Waals surface area contributed by atoms with Crippen LogP contribution in [0.25, 0.3) is 6.08 Å². The summed E-state index contributed by atoms with van der Waals surface area (Å²) in [6, 6.07) is 3.99. The van der Waals surface area contributed by atoms with Gasteiger partial charge in [0.25, 0.3) is 5.91 Å². The van der Waals surface area contributed by atoms with Crippen LogP contribution in [0.3, 0.4) is 0 Å².